The smallest absolute Gasteiger partial charge is 0.354 e. The van der Waals surface area contributed by atoms with Crippen molar-refractivity contribution in [3.05, 3.63) is 17.5 Å². The van der Waals surface area contributed by atoms with Gasteiger partial charge in [0.25, 0.3) is 0 Å². The molecule has 0 bridgehead atoms. The first-order chi connectivity index (χ1) is 10.2. The number of carbonyl (C=O) groups excluding carboxylic acids is 2. The minimum Gasteiger partial charge on any atom is -0.468 e. The Morgan fingerprint density at radius 1 is 1.36 bits per heavy atom. The highest BCUT2D eigenvalue weighted by Crippen LogP contribution is 2.23. The molecule has 1 aromatic heterocycles. The lowest BCUT2D eigenvalue weighted by atomic mass is 10.4. The molecule has 0 radical (unpaired) electrons. The van der Waals surface area contributed by atoms with Crippen LogP contribution < -0.4 is 0 Å². The normalized spacial score (nSPS) is 11.5. The number of rotatable bonds is 6. The van der Waals surface area contributed by atoms with E-state index in [1.165, 1.54) is 24.8 Å². The zero-order valence-electron chi connectivity index (χ0n) is 13.2. The van der Waals surface area contributed by atoms with Crippen LogP contribution >= 0.6 is 0 Å². The van der Waals surface area contributed by atoms with Crippen LogP contribution in [0, 0.1) is 6.92 Å². The molecular formula is C13H20N2O6S. The Labute approximate surface area is 129 Å². The summed E-state index contributed by atoms with van der Waals surface area (Å²) < 4.78 is 36.7. The molecule has 0 spiro atoms. The maximum absolute atomic E-state index is 12.5. The first-order valence-electron chi connectivity index (χ1n) is 6.53. The predicted octanol–water partition coefficient (Wildman–Crippen LogP) is 0.304. The van der Waals surface area contributed by atoms with E-state index in [1.54, 1.807) is 20.9 Å². The van der Waals surface area contributed by atoms with Crippen molar-refractivity contribution in [2.75, 3.05) is 27.3 Å². The largest absolute Gasteiger partial charge is 0.468 e. The second-order valence-corrected chi connectivity index (χ2v) is 6.61. The summed E-state index contributed by atoms with van der Waals surface area (Å²) in [5.41, 5.74) is 0.504. The van der Waals surface area contributed by atoms with Crippen LogP contribution in [0.15, 0.2) is 11.0 Å². The van der Waals surface area contributed by atoms with E-state index in [1.807, 2.05) is 0 Å². The summed E-state index contributed by atoms with van der Waals surface area (Å²) in [7, 11) is 0.0919. The molecule has 0 aliphatic heterocycles. The second kappa shape index (κ2) is 6.93. The molecule has 0 saturated carbocycles. The number of likely N-dealkylation sites (N-methyl/N-ethyl adjacent to an activating group) is 1. The number of nitrogens with zero attached hydrogens (tertiary/aromatic N) is 2. The topological polar surface area (TPSA) is 94.9 Å². The highest BCUT2D eigenvalue weighted by atomic mass is 32.2. The molecule has 8 nitrogen and oxygen atoms in total. The van der Waals surface area contributed by atoms with Crippen molar-refractivity contribution < 1.29 is 27.5 Å². The highest BCUT2D eigenvalue weighted by Gasteiger charge is 2.29. The molecule has 0 amide bonds. The number of aromatic nitrogens is 1. The third kappa shape index (κ3) is 3.47. The Kier molecular flexibility index (Phi) is 5.72. The fraction of sp³-hybridized carbons (Fsp3) is 0.538. The molecule has 9 heteroatoms. The van der Waals surface area contributed by atoms with Crippen LogP contribution in [0.25, 0.3) is 0 Å². The molecule has 0 aliphatic rings. The van der Waals surface area contributed by atoms with Crippen LogP contribution in [0.3, 0.4) is 0 Å². The second-order valence-electron chi connectivity index (χ2n) is 4.60. The van der Waals surface area contributed by atoms with E-state index in [2.05, 4.69) is 4.74 Å². The van der Waals surface area contributed by atoms with E-state index in [9.17, 15) is 18.0 Å². The van der Waals surface area contributed by atoms with Gasteiger partial charge in [0.2, 0.25) is 10.0 Å². The van der Waals surface area contributed by atoms with Crippen LogP contribution in [-0.2, 0) is 31.3 Å². The SMILES string of the molecule is CCOC(=O)c1cc(S(=O)(=O)N(C)CC(=O)OC)c(C)n1C. The van der Waals surface area contributed by atoms with Gasteiger partial charge in [0.1, 0.15) is 17.1 Å². The van der Waals surface area contributed by atoms with Crippen molar-refractivity contribution >= 4 is 22.0 Å². The molecule has 1 aromatic rings. The molecule has 1 heterocycles. The Morgan fingerprint density at radius 3 is 2.45 bits per heavy atom. The van der Waals surface area contributed by atoms with Crippen LogP contribution in [0.1, 0.15) is 23.1 Å². The lowest BCUT2D eigenvalue weighted by Gasteiger charge is -2.15. The summed E-state index contributed by atoms with van der Waals surface area (Å²) in [6.45, 7) is 3.01. The van der Waals surface area contributed by atoms with Gasteiger partial charge in [-0.25, -0.2) is 13.2 Å². The summed E-state index contributed by atoms with van der Waals surface area (Å²) in [5.74, 6) is -1.28. The minimum atomic E-state index is -3.92. The van der Waals surface area contributed by atoms with E-state index >= 15 is 0 Å². The molecule has 0 atom stereocenters. The molecule has 124 valence electrons. The van der Waals surface area contributed by atoms with E-state index in [-0.39, 0.29) is 17.2 Å². The van der Waals surface area contributed by atoms with Crippen LogP contribution in [0.2, 0.25) is 0 Å². The van der Waals surface area contributed by atoms with Crippen molar-refractivity contribution in [2.45, 2.75) is 18.7 Å². The van der Waals surface area contributed by atoms with Crippen molar-refractivity contribution in [1.29, 1.82) is 0 Å². The molecule has 0 fully saturated rings. The molecule has 0 aromatic carbocycles. The van der Waals surface area contributed by atoms with Gasteiger partial charge in [-0.15, -0.1) is 0 Å². The van der Waals surface area contributed by atoms with Gasteiger partial charge >= 0.3 is 11.9 Å². The Bertz CT molecular complexity index is 677. The van der Waals surface area contributed by atoms with Gasteiger partial charge in [-0.05, 0) is 19.9 Å². The molecule has 0 unspecified atom stereocenters. The van der Waals surface area contributed by atoms with E-state index in [0.29, 0.717) is 5.69 Å². The Balaban J connectivity index is 3.23. The molecule has 0 aliphatic carbocycles. The van der Waals surface area contributed by atoms with E-state index in [4.69, 9.17) is 4.74 Å². The van der Waals surface area contributed by atoms with Crippen molar-refractivity contribution in [3.63, 3.8) is 0 Å². The first-order valence-corrected chi connectivity index (χ1v) is 7.97. The minimum absolute atomic E-state index is 0.0514. The lowest BCUT2D eigenvalue weighted by Crippen LogP contribution is -2.33. The summed E-state index contributed by atoms with van der Waals surface area (Å²) in [4.78, 5) is 23.0. The third-order valence-electron chi connectivity index (χ3n) is 3.24. The van der Waals surface area contributed by atoms with Crippen LogP contribution in [0.5, 0.6) is 0 Å². The summed E-state index contributed by atoms with van der Waals surface area (Å²) in [6, 6.07) is 1.25. The predicted molar refractivity (Wildman–Crippen MR) is 77.9 cm³/mol. The van der Waals surface area contributed by atoms with Gasteiger partial charge in [0, 0.05) is 19.8 Å². The zero-order valence-corrected chi connectivity index (χ0v) is 14.1. The summed E-state index contributed by atoms with van der Waals surface area (Å²) >= 11 is 0. The number of esters is 2. The summed E-state index contributed by atoms with van der Waals surface area (Å²) in [5, 5.41) is 0. The maximum atomic E-state index is 12.5. The standard InChI is InChI=1S/C13H20N2O6S/c1-6-21-13(17)10-7-11(9(2)15(10)4)22(18,19)14(3)8-12(16)20-5/h7H,6,8H2,1-5H3. The number of ether oxygens (including phenoxy) is 2. The lowest BCUT2D eigenvalue weighted by molar-refractivity contribution is -0.140. The number of methoxy groups -OCH3 is 1. The van der Waals surface area contributed by atoms with E-state index < -0.39 is 28.5 Å². The molecule has 22 heavy (non-hydrogen) atoms. The van der Waals surface area contributed by atoms with Gasteiger partial charge in [-0.1, -0.05) is 0 Å². The van der Waals surface area contributed by atoms with Gasteiger partial charge in [-0.3, -0.25) is 4.79 Å². The van der Waals surface area contributed by atoms with Crippen molar-refractivity contribution in [2.24, 2.45) is 7.05 Å². The molecule has 0 saturated heterocycles. The quantitative estimate of drug-likeness (QED) is 0.696. The van der Waals surface area contributed by atoms with Crippen LogP contribution in [0.4, 0.5) is 0 Å². The van der Waals surface area contributed by atoms with Gasteiger partial charge < -0.3 is 14.0 Å². The van der Waals surface area contributed by atoms with Crippen LogP contribution in [-0.4, -0.2) is 56.5 Å². The van der Waals surface area contributed by atoms with Gasteiger partial charge in [0.05, 0.1) is 13.7 Å². The molecule has 1 rings (SSSR count). The average Bonchev–Trinajstić information content (AvgIpc) is 2.76. The van der Waals surface area contributed by atoms with Crippen molar-refractivity contribution in [1.82, 2.24) is 8.87 Å². The van der Waals surface area contributed by atoms with Gasteiger partial charge in [0.15, 0.2) is 0 Å². The number of sulfonamides is 1. The number of carbonyl (C=O) groups is 2. The number of hydrogen-bond donors (Lipinski definition) is 0. The third-order valence-corrected chi connectivity index (χ3v) is 5.16. The summed E-state index contributed by atoms with van der Waals surface area (Å²) in [6.07, 6.45) is 0. The van der Waals surface area contributed by atoms with E-state index in [0.717, 1.165) is 4.31 Å². The molecule has 0 N–H and O–H groups in total. The average molecular weight is 332 g/mol. The van der Waals surface area contributed by atoms with Crippen molar-refractivity contribution in [3.8, 4) is 0 Å². The zero-order chi connectivity index (χ0) is 17.1. The van der Waals surface area contributed by atoms with Gasteiger partial charge in [-0.2, -0.15) is 4.31 Å². The Morgan fingerprint density at radius 2 is 1.95 bits per heavy atom. The Hall–Kier alpha value is -1.87. The number of hydrogen-bond acceptors (Lipinski definition) is 6. The highest BCUT2D eigenvalue weighted by molar-refractivity contribution is 7.89. The monoisotopic (exact) mass is 332 g/mol. The fourth-order valence-corrected chi connectivity index (χ4v) is 3.21. The molecular weight excluding hydrogens is 312 g/mol. The first kappa shape index (κ1) is 18.2. The fourth-order valence-electron chi connectivity index (χ4n) is 1.83. The maximum Gasteiger partial charge on any atom is 0.354 e.